The molecular weight excluding hydrogens is 334 g/mol. The Morgan fingerprint density at radius 1 is 1.04 bits per heavy atom. The van der Waals surface area contributed by atoms with Crippen LogP contribution in [0.2, 0.25) is 0 Å². The normalized spacial score (nSPS) is 10.7. The van der Waals surface area contributed by atoms with E-state index in [1.807, 2.05) is 30.3 Å². The average molecular weight is 347 g/mol. The summed E-state index contributed by atoms with van der Waals surface area (Å²) in [4.78, 5) is 26.5. The molecule has 4 heterocycles. The van der Waals surface area contributed by atoms with Crippen molar-refractivity contribution in [2.24, 2.45) is 0 Å². The molecule has 7 heteroatoms. The summed E-state index contributed by atoms with van der Waals surface area (Å²) in [6, 6.07) is 12.9. The standard InChI is InChI=1S/C18H13N5OS/c19-15-12-6-7-14(13-5-1-2-9-21-13)23-18(12)25-16(15)17(24)22-11-4-3-8-20-10-11/h1-10H,19H2,(H,22,24). The van der Waals surface area contributed by atoms with Crippen LogP contribution < -0.4 is 11.1 Å². The highest BCUT2D eigenvalue weighted by Gasteiger charge is 2.18. The van der Waals surface area contributed by atoms with Gasteiger partial charge in [0.2, 0.25) is 0 Å². The number of amides is 1. The van der Waals surface area contributed by atoms with E-state index in [9.17, 15) is 4.79 Å². The molecule has 6 nitrogen and oxygen atoms in total. The number of anilines is 2. The fourth-order valence-electron chi connectivity index (χ4n) is 2.45. The van der Waals surface area contributed by atoms with E-state index in [-0.39, 0.29) is 5.91 Å². The number of nitrogens with zero attached hydrogens (tertiary/aromatic N) is 3. The number of carbonyl (C=O) groups excluding carboxylic acids is 1. The number of nitrogens with one attached hydrogen (secondary N) is 1. The fraction of sp³-hybridized carbons (Fsp3) is 0. The second-order valence-corrected chi connectivity index (χ2v) is 6.30. The summed E-state index contributed by atoms with van der Waals surface area (Å²) >= 11 is 1.26. The Balaban J connectivity index is 1.71. The van der Waals surface area contributed by atoms with Crippen molar-refractivity contribution in [2.75, 3.05) is 11.1 Å². The summed E-state index contributed by atoms with van der Waals surface area (Å²) in [6.45, 7) is 0. The molecule has 25 heavy (non-hydrogen) atoms. The number of carbonyl (C=O) groups is 1. The van der Waals surface area contributed by atoms with Crippen LogP contribution in [0.3, 0.4) is 0 Å². The molecule has 0 saturated heterocycles. The van der Waals surface area contributed by atoms with Crippen LogP contribution in [-0.2, 0) is 0 Å². The third kappa shape index (κ3) is 2.92. The number of thiophene rings is 1. The van der Waals surface area contributed by atoms with Crippen LogP contribution in [0.15, 0.2) is 61.1 Å². The first-order chi connectivity index (χ1) is 12.2. The first kappa shape index (κ1) is 15.2. The van der Waals surface area contributed by atoms with Gasteiger partial charge in [-0.1, -0.05) is 6.07 Å². The van der Waals surface area contributed by atoms with Gasteiger partial charge in [0.15, 0.2) is 0 Å². The summed E-state index contributed by atoms with van der Waals surface area (Å²) in [5.41, 5.74) is 8.73. The van der Waals surface area contributed by atoms with Gasteiger partial charge in [-0.25, -0.2) is 4.98 Å². The van der Waals surface area contributed by atoms with Crippen molar-refractivity contribution in [3.8, 4) is 11.4 Å². The minimum atomic E-state index is -0.270. The molecule has 0 spiro atoms. The number of hydrogen-bond donors (Lipinski definition) is 2. The molecule has 0 saturated carbocycles. The number of pyridine rings is 3. The van der Waals surface area contributed by atoms with Gasteiger partial charge in [-0.3, -0.25) is 14.8 Å². The molecule has 1 amide bonds. The lowest BCUT2D eigenvalue weighted by Crippen LogP contribution is -2.11. The van der Waals surface area contributed by atoms with Crippen molar-refractivity contribution < 1.29 is 4.79 Å². The Bertz CT molecular complexity index is 1050. The molecule has 0 radical (unpaired) electrons. The number of rotatable bonds is 3. The van der Waals surface area contributed by atoms with Gasteiger partial charge in [-0.05, 0) is 36.4 Å². The van der Waals surface area contributed by atoms with E-state index in [4.69, 9.17) is 5.73 Å². The maximum Gasteiger partial charge on any atom is 0.267 e. The van der Waals surface area contributed by atoms with Crippen molar-refractivity contribution in [2.45, 2.75) is 0 Å². The molecule has 0 aliphatic heterocycles. The lowest BCUT2D eigenvalue weighted by atomic mass is 10.2. The van der Waals surface area contributed by atoms with Crippen molar-refractivity contribution in [1.82, 2.24) is 15.0 Å². The van der Waals surface area contributed by atoms with Crippen LogP contribution in [0.5, 0.6) is 0 Å². The molecule has 4 aromatic heterocycles. The molecule has 0 bridgehead atoms. The van der Waals surface area contributed by atoms with E-state index in [1.54, 1.807) is 30.7 Å². The van der Waals surface area contributed by atoms with Crippen LogP contribution in [-0.4, -0.2) is 20.9 Å². The third-order valence-corrected chi connectivity index (χ3v) is 4.76. The Morgan fingerprint density at radius 3 is 2.72 bits per heavy atom. The maximum atomic E-state index is 12.5. The van der Waals surface area contributed by atoms with E-state index < -0.39 is 0 Å². The number of fused-ring (bicyclic) bond motifs is 1. The lowest BCUT2D eigenvalue weighted by Gasteiger charge is -2.03. The molecule has 4 aromatic rings. The van der Waals surface area contributed by atoms with Gasteiger partial charge in [0.1, 0.15) is 9.71 Å². The summed E-state index contributed by atoms with van der Waals surface area (Å²) in [6.07, 6.45) is 4.95. The van der Waals surface area contributed by atoms with Gasteiger partial charge in [0.25, 0.3) is 5.91 Å². The van der Waals surface area contributed by atoms with Crippen LogP contribution in [0.4, 0.5) is 11.4 Å². The number of nitrogen functional groups attached to an aromatic ring is 1. The van der Waals surface area contributed by atoms with Gasteiger partial charge < -0.3 is 11.1 Å². The van der Waals surface area contributed by atoms with Gasteiger partial charge in [0.05, 0.1) is 29.0 Å². The monoisotopic (exact) mass is 347 g/mol. The molecule has 0 fully saturated rings. The minimum Gasteiger partial charge on any atom is -0.397 e. The third-order valence-electron chi connectivity index (χ3n) is 3.65. The largest absolute Gasteiger partial charge is 0.397 e. The maximum absolute atomic E-state index is 12.5. The highest BCUT2D eigenvalue weighted by molar-refractivity contribution is 7.21. The van der Waals surface area contributed by atoms with Crippen molar-refractivity contribution in [3.63, 3.8) is 0 Å². The van der Waals surface area contributed by atoms with Gasteiger partial charge >= 0.3 is 0 Å². The lowest BCUT2D eigenvalue weighted by molar-refractivity contribution is 0.103. The zero-order chi connectivity index (χ0) is 17.2. The van der Waals surface area contributed by atoms with Crippen molar-refractivity contribution in [3.05, 3.63) is 65.9 Å². The molecule has 0 aliphatic rings. The topological polar surface area (TPSA) is 93.8 Å². The minimum absolute atomic E-state index is 0.270. The molecule has 0 atom stereocenters. The number of nitrogens with two attached hydrogens (primary N) is 1. The van der Waals surface area contributed by atoms with Gasteiger partial charge in [-0.2, -0.15) is 0 Å². The fourth-order valence-corrected chi connectivity index (χ4v) is 3.44. The molecular formula is C18H13N5OS. The van der Waals surface area contributed by atoms with Crippen LogP contribution >= 0.6 is 11.3 Å². The van der Waals surface area contributed by atoms with Crippen LogP contribution in [0.25, 0.3) is 21.6 Å². The first-order valence-electron chi connectivity index (χ1n) is 7.54. The molecule has 0 aliphatic carbocycles. The second-order valence-electron chi connectivity index (χ2n) is 5.30. The highest BCUT2D eigenvalue weighted by Crippen LogP contribution is 2.34. The Labute approximate surface area is 147 Å². The Kier molecular flexibility index (Phi) is 3.83. The van der Waals surface area contributed by atoms with Crippen molar-refractivity contribution >= 4 is 38.8 Å². The Morgan fingerprint density at radius 2 is 1.96 bits per heavy atom. The summed E-state index contributed by atoms with van der Waals surface area (Å²) in [7, 11) is 0. The van der Waals surface area contributed by atoms with E-state index >= 15 is 0 Å². The zero-order valence-electron chi connectivity index (χ0n) is 13.0. The van der Waals surface area contributed by atoms with Crippen LogP contribution in [0, 0.1) is 0 Å². The van der Waals surface area contributed by atoms with E-state index in [2.05, 4.69) is 20.3 Å². The molecule has 0 aromatic carbocycles. The van der Waals surface area contributed by atoms with Gasteiger partial charge in [-0.15, -0.1) is 11.3 Å². The molecule has 4 rings (SSSR count). The summed E-state index contributed by atoms with van der Waals surface area (Å²) in [5, 5.41) is 3.56. The van der Waals surface area contributed by atoms with Gasteiger partial charge in [0, 0.05) is 17.8 Å². The SMILES string of the molecule is Nc1c(C(=O)Nc2cccnc2)sc2nc(-c3ccccn3)ccc12. The highest BCUT2D eigenvalue weighted by atomic mass is 32.1. The molecule has 0 unspecified atom stereocenters. The predicted octanol–water partition coefficient (Wildman–Crippen LogP) is 3.59. The van der Waals surface area contributed by atoms with E-state index in [0.29, 0.717) is 21.1 Å². The predicted molar refractivity (Wildman–Crippen MR) is 99.5 cm³/mol. The van der Waals surface area contributed by atoms with E-state index in [1.165, 1.54) is 11.3 Å². The first-order valence-corrected chi connectivity index (χ1v) is 8.36. The molecule has 3 N–H and O–H groups in total. The summed E-state index contributed by atoms with van der Waals surface area (Å²) in [5.74, 6) is -0.270. The molecule has 122 valence electrons. The number of aromatic nitrogens is 3. The number of hydrogen-bond acceptors (Lipinski definition) is 6. The van der Waals surface area contributed by atoms with Crippen LogP contribution in [0.1, 0.15) is 9.67 Å². The Hall–Kier alpha value is -3.32. The smallest absolute Gasteiger partial charge is 0.267 e. The second kappa shape index (κ2) is 6.29. The summed E-state index contributed by atoms with van der Waals surface area (Å²) < 4.78 is 0. The average Bonchev–Trinajstić information content (AvgIpc) is 2.99. The van der Waals surface area contributed by atoms with E-state index in [0.717, 1.165) is 16.8 Å². The zero-order valence-corrected chi connectivity index (χ0v) is 13.8. The quantitative estimate of drug-likeness (QED) is 0.591. The van der Waals surface area contributed by atoms with Crippen molar-refractivity contribution in [1.29, 1.82) is 0 Å².